The first-order valence-electron chi connectivity index (χ1n) is 7.51. The van der Waals surface area contributed by atoms with Crippen molar-refractivity contribution in [3.63, 3.8) is 0 Å². The van der Waals surface area contributed by atoms with Crippen LogP contribution in [0.3, 0.4) is 0 Å². The molecular weight excluding hydrogens is 268 g/mol. The lowest BCUT2D eigenvalue weighted by Gasteiger charge is -2.27. The Morgan fingerprint density at radius 3 is 2.86 bits per heavy atom. The van der Waals surface area contributed by atoms with Crippen LogP contribution in [0.15, 0.2) is 22.6 Å². The Labute approximate surface area is 123 Å². The smallest absolute Gasteiger partial charge is 0.411 e. The fourth-order valence-electron chi connectivity index (χ4n) is 3.12. The molecule has 112 valence electrons. The van der Waals surface area contributed by atoms with Gasteiger partial charge in [0.25, 0.3) is 0 Å². The Morgan fingerprint density at radius 1 is 1.38 bits per heavy atom. The third-order valence-electron chi connectivity index (χ3n) is 4.19. The second-order valence-electron chi connectivity index (χ2n) is 5.78. The van der Waals surface area contributed by atoms with E-state index in [9.17, 15) is 9.90 Å². The molecule has 1 aliphatic rings. The lowest BCUT2D eigenvalue weighted by molar-refractivity contribution is 0.199. The van der Waals surface area contributed by atoms with Crippen molar-refractivity contribution in [2.24, 2.45) is 5.92 Å². The van der Waals surface area contributed by atoms with Crippen molar-refractivity contribution in [1.29, 1.82) is 0 Å². The highest BCUT2D eigenvalue weighted by molar-refractivity contribution is 5.89. The number of carbonyl (C=O) groups is 1. The molecule has 1 heterocycles. The number of nitrogens with zero attached hydrogens (tertiary/aromatic N) is 2. The average Bonchev–Trinajstić information content (AvgIpc) is 2.84. The first-order valence-corrected chi connectivity index (χ1v) is 7.51. The Kier molecular flexibility index (Phi) is 3.82. The van der Waals surface area contributed by atoms with Gasteiger partial charge in [0.15, 0.2) is 11.5 Å². The van der Waals surface area contributed by atoms with Gasteiger partial charge in [-0.05, 0) is 30.9 Å². The van der Waals surface area contributed by atoms with Crippen LogP contribution in [0.4, 0.5) is 10.5 Å². The summed E-state index contributed by atoms with van der Waals surface area (Å²) in [6.07, 6.45) is 5.01. The molecule has 1 aromatic heterocycles. The Bertz CT molecular complexity index is 644. The standard InChI is InChI=1S/C16H20N2O3/c1-11-17-14-8-7-13(9-15(14)21-11)18(16(19)20)10-12-5-3-2-4-6-12/h7-9,12H,2-6,10H2,1H3,(H,19,20). The van der Waals surface area contributed by atoms with Crippen LogP contribution in [0.5, 0.6) is 0 Å². The van der Waals surface area contributed by atoms with Gasteiger partial charge in [-0.25, -0.2) is 9.78 Å². The molecule has 2 aromatic rings. The van der Waals surface area contributed by atoms with Crippen molar-refractivity contribution >= 4 is 22.9 Å². The zero-order valence-corrected chi connectivity index (χ0v) is 12.2. The number of hydrogen-bond donors (Lipinski definition) is 1. The number of rotatable bonds is 3. The van der Waals surface area contributed by atoms with E-state index in [2.05, 4.69) is 4.98 Å². The minimum absolute atomic E-state index is 0.460. The van der Waals surface area contributed by atoms with Crippen LogP contribution in [0.1, 0.15) is 38.0 Å². The fourth-order valence-corrected chi connectivity index (χ4v) is 3.12. The van der Waals surface area contributed by atoms with Gasteiger partial charge < -0.3 is 9.52 Å². The van der Waals surface area contributed by atoms with Crippen LogP contribution in [-0.4, -0.2) is 22.7 Å². The molecule has 0 aliphatic heterocycles. The van der Waals surface area contributed by atoms with Crippen molar-refractivity contribution < 1.29 is 14.3 Å². The van der Waals surface area contributed by atoms with Crippen molar-refractivity contribution in [3.8, 4) is 0 Å². The summed E-state index contributed by atoms with van der Waals surface area (Å²) in [5.41, 5.74) is 2.07. The number of aryl methyl sites for hydroxylation is 1. The topological polar surface area (TPSA) is 66.6 Å². The SMILES string of the molecule is Cc1nc2ccc(N(CC3CCCCC3)C(=O)O)cc2o1. The minimum atomic E-state index is -0.906. The Balaban J connectivity index is 1.85. The van der Waals surface area contributed by atoms with E-state index in [1.54, 1.807) is 19.1 Å². The maximum absolute atomic E-state index is 11.6. The van der Waals surface area contributed by atoms with Crippen LogP contribution >= 0.6 is 0 Å². The number of amides is 1. The van der Waals surface area contributed by atoms with Gasteiger partial charge in [0.05, 0.1) is 5.69 Å². The highest BCUT2D eigenvalue weighted by atomic mass is 16.4. The molecule has 1 aromatic carbocycles. The van der Waals surface area contributed by atoms with Gasteiger partial charge in [-0.2, -0.15) is 0 Å². The highest BCUT2D eigenvalue weighted by Gasteiger charge is 2.22. The molecule has 1 saturated carbocycles. The fraction of sp³-hybridized carbons (Fsp3) is 0.500. The summed E-state index contributed by atoms with van der Waals surface area (Å²) in [7, 11) is 0. The second-order valence-corrected chi connectivity index (χ2v) is 5.78. The second kappa shape index (κ2) is 5.76. The normalized spacial score (nSPS) is 16.2. The van der Waals surface area contributed by atoms with Crippen LogP contribution in [0.25, 0.3) is 11.1 Å². The third-order valence-corrected chi connectivity index (χ3v) is 4.19. The van der Waals surface area contributed by atoms with Crippen LogP contribution in [0.2, 0.25) is 0 Å². The largest absolute Gasteiger partial charge is 0.465 e. The molecule has 0 saturated heterocycles. The Morgan fingerprint density at radius 2 is 2.14 bits per heavy atom. The number of oxazole rings is 1. The first-order chi connectivity index (χ1) is 10.1. The maximum Gasteiger partial charge on any atom is 0.411 e. The van der Waals surface area contributed by atoms with E-state index < -0.39 is 6.09 Å². The molecule has 1 amide bonds. The van der Waals surface area contributed by atoms with Crippen LogP contribution in [-0.2, 0) is 0 Å². The van der Waals surface area contributed by atoms with E-state index >= 15 is 0 Å². The third kappa shape index (κ3) is 3.01. The number of carboxylic acid groups (broad SMARTS) is 1. The Hall–Kier alpha value is -2.04. The zero-order valence-electron chi connectivity index (χ0n) is 12.2. The zero-order chi connectivity index (χ0) is 14.8. The summed E-state index contributed by atoms with van der Waals surface area (Å²) < 4.78 is 5.50. The summed E-state index contributed by atoms with van der Waals surface area (Å²) in [6.45, 7) is 2.35. The monoisotopic (exact) mass is 288 g/mol. The van der Waals surface area contributed by atoms with Gasteiger partial charge in [-0.15, -0.1) is 0 Å². The molecule has 0 spiro atoms. The molecule has 5 heteroatoms. The molecule has 1 N–H and O–H groups in total. The molecule has 5 nitrogen and oxygen atoms in total. The first kappa shape index (κ1) is 13.9. The van der Waals surface area contributed by atoms with Gasteiger partial charge in [0, 0.05) is 19.5 Å². The molecule has 3 rings (SSSR count). The van der Waals surface area contributed by atoms with Gasteiger partial charge >= 0.3 is 6.09 Å². The number of anilines is 1. The number of benzene rings is 1. The van der Waals surface area contributed by atoms with Crippen molar-refractivity contribution in [2.45, 2.75) is 39.0 Å². The predicted octanol–water partition coefficient (Wildman–Crippen LogP) is 4.20. The van der Waals surface area contributed by atoms with E-state index in [-0.39, 0.29) is 0 Å². The molecule has 0 radical (unpaired) electrons. The summed E-state index contributed by atoms with van der Waals surface area (Å²) in [4.78, 5) is 17.3. The quantitative estimate of drug-likeness (QED) is 0.919. The highest BCUT2D eigenvalue weighted by Crippen LogP contribution is 2.28. The molecule has 21 heavy (non-hydrogen) atoms. The molecule has 0 bridgehead atoms. The van der Waals surface area contributed by atoms with Crippen molar-refractivity contribution in [1.82, 2.24) is 4.98 Å². The van der Waals surface area contributed by atoms with E-state index in [0.29, 0.717) is 29.6 Å². The van der Waals surface area contributed by atoms with Crippen molar-refractivity contribution in [2.75, 3.05) is 11.4 Å². The molecule has 0 unspecified atom stereocenters. The summed E-state index contributed by atoms with van der Waals surface area (Å²) >= 11 is 0. The van der Waals surface area contributed by atoms with Gasteiger partial charge in [0.2, 0.25) is 0 Å². The van der Waals surface area contributed by atoms with Crippen LogP contribution in [0, 0.1) is 12.8 Å². The molecule has 1 fully saturated rings. The summed E-state index contributed by atoms with van der Waals surface area (Å²) in [5, 5.41) is 9.51. The molecule has 1 aliphatic carbocycles. The van der Waals surface area contributed by atoms with E-state index in [4.69, 9.17) is 4.42 Å². The lowest BCUT2D eigenvalue weighted by atomic mass is 9.89. The molecular formula is C16H20N2O3. The van der Waals surface area contributed by atoms with E-state index in [1.165, 1.54) is 24.2 Å². The summed E-state index contributed by atoms with van der Waals surface area (Å²) in [6, 6.07) is 5.39. The minimum Gasteiger partial charge on any atom is -0.465 e. The summed E-state index contributed by atoms with van der Waals surface area (Å²) in [5.74, 6) is 1.05. The number of fused-ring (bicyclic) bond motifs is 1. The van der Waals surface area contributed by atoms with E-state index in [1.807, 2.05) is 6.07 Å². The maximum atomic E-state index is 11.6. The van der Waals surface area contributed by atoms with Crippen molar-refractivity contribution in [3.05, 3.63) is 24.1 Å². The number of hydrogen-bond acceptors (Lipinski definition) is 3. The van der Waals surface area contributed by atoms with Crippen LogP contribution < -0.4 is 4.90 Å². The molecule has 0 atom stereocenters. The predicted molar refractivity (Wildman–Crippen MR) is 80.7 cm³/mol. The van der Waals surface area contributed by atoms with Gasteiger partial charge in [0.1, 0.15) is 5.52 Å². The number of aromatic nitrogens is 1. The van der Waals surface area contributed by atoms with Gasteiger partial charge in [-0.1, -0.05) is 19.3 Å². The average molecular weight is 288 g/mol. The van der Waals surface area contributed by atoms with Gasteiger partial charge in [-0.3, -0.25) is 4.90 Å². The lowest BCUT2D eigenvalue weighted by Crippen LogP contribution is -2.34. The van der Waals surface area contributed by atoms with E-state index in [0.717, 1.165) is 18.4 Å².